The summed E-state index contributed by atoms with van der Waals surface area (Å²) in [4.78, 5) is 37.5. The van der Waals surface area contributed by atoms with Gasteiger partial charge in [0.25, 0.3) is 5.91 Å². The van der Waals surface area contributed by atoms with E-state index >= 15 is 0 Å². The van der Waals surface area contributed by atoms with E-state index < -0.39 is 53.3 Å². The fourth-order valence-corrected chi connectivity index (χ4v) is 4.50. The second kappa shape index (κ2) is 10.4. The number of methoxy groups -OCH3 is 1. The second-order valence-corrected chi connectivity index (χ2v) is 8.47. The van der Waals surface area contributed by atoms with Crippen LogP contribution in [0.5, 0.6) is 11.5 Å². The number of carbonyl (C=O) groups is 3. The van der Waals surface area contributed by atoms with Gasteiger partial charge in [-0.25, -0.2) is 18.5 Å². The highest BCUT2D eigenvalue weighted by Gasteiger charge is 2.38. The van der Waals surface area contributed by atoms with Gasteiger partial charge in [-0.2, -0.15) is 4.39 Å². The highest BCUT2D eigenvalue weighted by atomic mass is 32.1. The molecule has 12 heteroatoms. The summed E-state index contributed by atoms with van der Waals surface area (Å²) in [7, 11) is 1.44. The van der Waals surface area contributed by atoms with Crippen molar-refractivity contribution in [2.24, 2.45) is 0 Å². The van der Waals surface area contributed by atoms with Crippen molar-refractivity contribution in [1.82, 2.24) is 0 Å². The topological polar surface area (TPSA) is 102 Å². The molecule has 0 saturated heterocycles. The Labute approximate surface area is 206 Å². The molecule has 0 saturated carbocycles. The van der Waals surface area contributed by atoms with Gasteiger partial charge < -0.3 is 19.3 Å². The first kappa shape index (κ1) is 25.2. The lowest BCUT2D eigenvalue weighted by Crippen LogP contribution is -2.43. The van der Waals surface area contributed by atoms with Gasteiger partial charge in [0.15, 0.2) is 11.6 Å². The van der Waals surface area contributed by atoms with E-state index in [1.807, 2.05) is 0 Å². The lowest BCUT2D eigenvalue weighted by Gasteiger charge is -2.26. The molecule has 0 radical (unpaired) electrons. The van der Waals surface area contributed by atoms with Gasteiger partial charge in [-0.05, 0) is 40.8 Å². The molecule has 2 heterocycles. The summed E-state index contributed by atoms with van der Waals surface area (Å²) in [6.07, 6.45) is -0.290. The zero-order valence-corrected chi connectivity index (χ0v) is 19.5. The summed E-state index contributed by atoms with van der Waals surface area (Å²) in [5, 5.41) is 10.8. The molecule has 1 aliphatic heterocycles. The first-order valence-electron chi connectivity index (χ1n) is 10.4. The molecule has 1 aliphatic rings. The smallest absolute Gasteiger partial charge is 0.346 e. The van der Waals surface area contributed by atoms with Crippen LogP contribution in [0.15, 0.2) is 35.7 Å². The van der Waals surface area contributed by atoms with E-state index in [9.17, 15) is 32.7 Å². The summed E-state index contributed by atoms with van der Waals surface area (Å²) >= 11 is 0.801. The lowest BCUT2D eigenvalue weighted by atomic mass is 10.00. The Morgan fingerprint density at radius 1 is 1.08 bits per heavy atom. The number of nitrogens with zero attached hydrogens (tertiary/aromatic N) is 1. The van der Waals surface area contributed by atoms with Crippen LogP contribution < -0.4 is 14.4 Å². The van der Waals surface area contributed by atoms with E-state index in [4.69, 9.17) is 14.2 Å². The Kier molecular flexibility index (Phi) is 7.27. The Hall–Kier alpha value is -3.90. The fraction of sp³-hybridized carbons (Fsp3) is 0.208. The van der Waals surface area contributed by atoms with Gasteiger partial charge in [0, 0.05) is 7.11 Å². The molecule has 36 heavy (non-hydrogen) atoms. The Morgan fingerprint density at radius 2 is 1.83 bits per heavy atom. The van der Waals surface area contributed by atoms with Crippen LogP contribution in [0, 0.1) is 17.5 Å². The molecule has 1 N–H and O–H groups in total. The number of rotatable bonds is 9. The van der Waals surface area contributed by atoms with Crippen LogP contribution in [0.1, 0.15) is 31.2 Å². The summed E-state index contributed by atoms with van der Waals surface area (Å²) in [5.74, 6) is -7.04. The number of aromatic carboxylic acids is 1. The van der Waals surface area contributed by atoms with Gasteiger partial charge in [-0.15, -0.1) is 11.3 Å². The number of carboxylic acid groups (broad SMARTS) is 1. The molecule has 188 valence electrons. The van der Waals surface area contributed by atoms with Gasteiger partial charge in [0.1, 0.15) is 23.9 Å². The van der Waals surface area contributed by atoms with E-state index in [0.717, 1.165) is 29.5 Å². The number of hydrogen-bond donors (Lipinski definition) is 1. The van der Waals surface area contributed by atoms with E-state index in [1.165, 1.54) is 24.6 Å². The minimum Gasteiger partial charge on any atom is -0.487 e. The lowest BCUT2D eigenvalue weighted by molar-refractivity contribution is -0.117. The molecule has 2 amide bonds. The highest BCUT2D eigenvalue weighted by molar-refractivity contribution is 7.12. The van der Waals surface area contributed by atoms with Crippen molar-refractivity contribution >= 4 is 34.8 Å². The molecule has 0 spiro atoms. The van der Waals surface area contributed by atoms with Crippen LogP contribution in [-0.2, 0) is 22.6 Å². The minimum atomic E-state index is -1.34. The van der Waals surface area contributed by atoms with E-state index in [-0.39, 0.29) is 47.0 Å². The maximum atomic E-state index is 14.7. The average molecular weight is 521 g/mol. The van der Waals surface area contributed by atoms with Crippen LogP contribution in [0.3, 0.4) is 0 Å². The third-order valence-electron chi connectivity index (χ3n) is 5.26. The van der Waals surface area contributed by atoms with Gasteiger partial charge in [-0.3, -0.25) is 9.59 Å². The number of benzene rings is 2. The van der Waals surface area contributed by atoms with Crippen molar-refractivity contribution in [3.8, 4) is 11.5 Å². The monoisotopic (exact) mass is 521 g/mol. The van der Waals surface area contributed by atoms with Crippen LogP contribution in [-0.4, -0.2) is 43.2 Å². The molecule has 1 aromatic heterocycles. The summed E-state index contributed by atoms with van der Waals surface area (Å²) in [5.41, 5.74) is -0.123. The van der Waals surface area contributed by atoms with Crippen LogP contribution in [0.4, 0.5) is 18.9 Å². The summed E-state index contributed by atoms with van der Waals surface area (Å²) < 4.78 is 58.6. The number of amides is 2. The first-order chi connectivity index (χ1) is 17.2. The average Bonchev–Trinajstić information content (AvgIpc) is 3.27. The Morgan fingerprint density at radius 3 is 2.56 bits per heavy atom. The number of carboxylic acids is 1. The quantitative estimate of drug-likeness (QED) is 0.333. The molecular formula is C24H18F3NO7S. The first-order valence-corrected chi connectivity index (χ1v) is 11.3. The number of fused-ring (bicyclic) bond motifs is 1. The molecule has 8 nitrogen and oxygen atoms in total. The fourth-order valence-electron chi connectivity index (χ4n) is 3.60. The van der Waals surface area contributed by atoms with Crippen molar-refractivity contribution in [2.75, 3.05) is 25.2 Å². The normalized spacial score (nSPS) is 13.1. The number of thiophene rings is 1. The number of hydrogen-bond acceptors (Lipinski definition) is 7. The van der Waals surface area contributed by atoms with E-state index in [2.05, 4.69) is 0 Å². The minimum absolute atomic E-state index is 0.0424. The number of carbonyl (C=O) groups excluding carboxylic acids is 2. The molecule has 0 unspecified atom stereocenters. The molecule has 2 aromatic carbocycles. The zero-order chi connectivity index (χ0) is 26.0. The maximum absolute atomic E-state index is 14.7. The van der Waals surface area contributed by atoms with Crippen LogP contribution >= 0.6 is 11.3 Å². The van der Waals surface area contributed by atoms with Gasteiger partial charge in [0.05, 0.1) is 24.3 Å². The SMILES string of the molecule is COCCOc1ccc(F)c(F)c1OCc1ccc(F)c(N2C(=O)Cc3csc(C(=O)O)c3C2=O)c1. The van der Waals surface area contributed by atoms with Gasteiger partial charge in [-0.1, -0.05) is 6.07 Å². The largest absolute Gasteiger partial charge is 0.487 e. The summed E-state index contributed by atoms with van der Waals surface area (Å²) in [6, 6.07) is 5.46. The molecular weight excluding hydrogens is 503 g/mol. The Balaban J connectivity index is 1.62. The van der Waals surface area contributed by atoms with Crippen LogP contribution in [0.25, 0.3) is 0 Å². The Bertz CT molecular complexity index is 1360. The van der Waals surface area contributed by atoms with Crippen molar-refractivity contribution < 1.29 is 46.9 Å². The predicted molar refractivity (Wildman–Crippen MR) is 121 cm³/mol. The number of ether oxygens (including phenoxy) is 3. The molecule has 0 atom stereocenters. The third kappa shape index (κ3) is 4.77. The van der Waals surface area contributed by atoms with Crippen LogP contribution in [0.2, 0.25) is 0 Å². The van der Waals surface area contributed by atoms with Crippen molar-refractivity contribution in [1.29, 1.82) is 0 Å². The zero-order valence-electron chi connectivity index (χ0n) is 18.7. The van der Waals surface area contributed by atoms with E-state index in [1.54, 1.807) is 0 Å². The van der Waals surface area contributed by atoms with Crippen molar-refractivity contribution in [3.63, 3.8) is 0 Å². The third-order valence-corrected chi connectivity index (χ3v) is 6.28. The second-order valence-electron chi connectivity index (χ2n) is 7.59. The molecule has 0 fully saturated rings. The highest BCUT2D eigenvalue weighted by Crippen LogP contribution is 2.35. The maximum Gasteiger partial charge on any atom is 0.346 e. The number of halogens is 3. The molecule has 0 bridgehead atoms. The predicted octanol–water partition coefficient (Wildman–Crippen LogP) is 4.20. The standard InChI is InChI=1S/C24H18F3NO7S/c1-33-6-7-34-17-5-4-15(26)20(27)21(17)35-10-12-2-3-14(25)16(8-12)28-18(29)9-13-11-36-22(24(31)32)19(13)23(28)30/h2-5,8,11H,6-7,9-10H2,1H3,(H,31,32). The molecule has 0 aliphatic carbocycles. The van der Waals surface area contributed by atoms with Crippen molar-refractivity contribution in [2.45, 2.75) is 13.0 Å². The van der Waals surface area contributed by atoms with Crippen molar-refractivity contribution in [3.05, 3.63) is 74.7 Å². The molecule has 4 rings (SSSR count). The van der Waals surface area contributed by atoms with E-state index in [0.29, 0.717) is 4.90 Å². The molecule has 3 aromatic rings. The summed E-state index contributed by atoms with van der Waals surface area (Å²) in [6.45, 7) is -0.164. The van der Waals surface area contributed by atoms with Gasteiger partial charge >= 0.3 is 5.97 Å². The number of anilines is 1. The number of imide groups is 1. The van der Waals surface area contributed by atoms with Gasteiger partial charge in [0.2, 0.25) is 17.5 Å².